The molecule has 5 nitrogen and oxygen atoms in total. The third-order valence-electron chi connectivity index (χ3n) is 2.87. The van der Waals surface area contributed by atoms with E-state index in [4.69, 9.17) is 4.74 Å². The van der Waals surface area contributed by atoms with Crippen LogP contribution in [-0.2, 0) is 6.61 Å². The maximum atomic E-state index is 5.65. The highest BCUT2D eigenvalue weighted by Gasteiger charge is 2.06. The minimum Gasteiger partial charge on any atom is -0.486 e. The van der Waals surface area contributed by atoms with Gasteiger partial charge in [0, 0.05) is 18.0 Å². The van der Waals surface area contributed by atoms with Crippen LogP contribution in [-0.4, -0.2) is 20.2 Å². The Morgan fingerprint density at radius 2 is 1.80 bits per heavy atom. The van der Waals surface area contributed by atoms with Gasteiger partial charge in [-0.15, -0.1) is 0 Å². The number of benzene rings is 1. The molecule has 2 heterocycles. The molecule has 0 radical (unpaired) electrons. The molecule has 0 atom stereocenters. The Bertz CT molecular complexity index is 677. The van der Waals surface area contributed by atoms with Crippen molar-refractivity contribution < 1.29 is 4.74 Å². The van der Waals surface area contributed by atoms with Gasteiger partial charge in [-0.3, -0.25) is 10.1 Å². The molecule has 0 aliphatic carbocycles. The second kappa shape index (κ2) is 5.52. The zero-order valence-electron chi connectivity index (χ0n) is 11.1. The average molecular weight is 266 g/mol. The molecule has 0 unspecified atom stereocenters. The van der Waals surface area contributed by atoms with Crippen LogP contribution in [0.1, 0.15) is 11.4 Å². The Labute approximate surface area is 116 Å². The van der Waals surface area contributed by atoms with Gasteiger partial charge in [0.05, 0.1) is 0 Å². The van der Waals surface area contributed by atoms with Crippen LogP contribution in [0.2, 0.25) is 0 Å². The number of ether oxygens (including phenoxy) is 1. The van der Waals surface area contributed by atoms with E-state index in [0.717, 1.165) is 11.3 Å². The van der Waals surface area contributed by atoms with E-state index in [9.17, 15) is 0 Å². The second-order valence-electron chi connectivity index (χ2n) is 4.44. The maximum absolute atomic E-state index is 5.65. The van der Waals surface area contributed by atoms with Crippen molar-refractivity contribution in [3.63, 3.8) is 0 Å². The Kier molecular flexibility index (Phi) is 3.41. The lowest BCUT2D eigenvalue weighted by molar-refractivity contribution is 0.296. The first-order valence-corrected chi connectivity index (χ1v) is 6.32. The van der Waals surface area contributed by atoms with Crippen LogP contribution in [0.3, 0.4) is 0 Å². The van der Waals surface area contributed by atoms with Gasteiger partial charge in [0.2, 0.25) is 0 Å². The summed E-state index contributed by atoms with van der Waals surface area (Å²) in [6, 6.07) is 11.6. The van der Waals surface area contributed by atoms with Crippen LogP contribution in [0, 0.1) is 6.92 Å². The van der Waals surface area contributed by atoms with E-state index >= 15 is 0 Å². The molecular formula is C15H14N4O. The summed E-state index contributed by atoms with van der Waals surface area (Å²) in [5.41, 5.74) is 2.13. The Hall–Kier alpha value is -2.69. The number of H-pyrrole nitrogens is 1. The van der Waals surface area contributed by atoms with E-state index in [1.54, 1.807) is 12.4 Å². The van der Waals surface area contributed by atoms with Gasteiger partial charge in [0.15, 0.2) is 11.6 Å². The molecule has 2 aromatic heterocycles. The van der Waals surface area contributed by atoms with Crippen LogP contribution < -0.4 is 4.74 Å². The SMILES string of the molecule is Cc1ccc(OCc2nc(-c3ccncc3)n[nH]2)cc1. The average Bonchev–Trinajstić information content (AvgIpc) is 2.97. The summed E-state index contributed by atoms with van der Waals surface area (Å²) >= 11 is 0. The topological polar surface area (TPSA) is 63.7 Å². The standard InChI is InChI=1S/C15H14N4O/c1-11-2-4-13(5-3-11)20-10-14-17-15(19-18-14)12-6-8-16-9-7-12/h2-9H,10H2,1H3,(H,17,18,19). The van der Waals surface area contributed by atoms with E-state index in [1.807, 2.05) is 43.3 Å². The third kappa shape index (κ3) is 2.83. The quantitative estimate of drug-likeness (QED) is 0.788. The fraction of sp³-hybridized carbons (Fsp3) is 0.133. The number of aryl methyl sites for hydroxylation is 1. The lowest BCUT2D eigenvalue weighted by Gasteiger charge is -2.03. The van der Waals surface area contributed by atoms with Gasteiger partial charge < -0.3 is 4.74 Å². The third-order valence-corrected chi connectivity index (χ3v) is 2.87. The predicted octanol–water partition coefficient (Wildman–Crippen LogP) is 2.75. The number of pyridine rings is 1. The molecule has 0 aliphatic rings. The van der Waals surface area contributed by atoms with E-state index in [-0.39, 0.29) is 0 Å². The molecule has 1 aromatic carbocycles. The van der Waals surface area contributed by atoms with Gasteiger partial charge >= 0.3 is 0 Å². The summed E-state index contributed by atoms with van der Waals surface area (Å²) in [6.45, 7) is 2.41. The van der Waals surface area contributed by atoms with Gasteiger partial charge in [-0.2, -0.15) is 5.10 Å². The summed E-state index contributed by atoms with van der Waals surface area (Å²) in [4.78, 5) is 8.36. The van der Waals surface area contributed by atoms with E-state index < -0.39 is 0 Å². The number of nitrogens with one attached hydrogen (secondary N) is 1. The molecule has 0 bridgehead atoms. The Morgan fingerprint density at radius 3 is 2.55 bits per heavy atom. The second-order valence-corrected chi connectivity index (χ2v) is 4.44. The van der Waals surface area contributed by atoms with Gasteiger partial charge in [0.1, 0.15) is 12.4 Å². The monoisotopic (exact) mass is 266 g/mol. The summed E-state index contributed by atoms with van der Waals surface area (Å²) < 4.78 is 5.65. The van der Waals surface area contributed by atoms with E-state index in [1.165, 1.54) is 5.56 Å². The number of aromatic nitrogens is 4. The molecule has 0 saturated carbocycles. The fourth-order valence-corrected chi connectivity index (χ4v) is 1.78. The van der Waals surface area contributed by atoms with Crippen molar-refractivity contribution >= 4 is 0 Å². The van der Waals surface area contributed by atoms with Crippen LogP contribution >= 0.6 is 0 Å². The number of rotatable bonds is 4. The molecule has 3 aromatic rings. The first-order valence-electron chi connectivity index (χ1n) is 6.32. The predicted molar refractivity (Wildman–Crippen MR) is 75.1 cm³/mol. The van der Waals surface area contributed by atoms with Crippen molar-refractivity contribution in [1.82, 2.24) is 20.2 Å². The number of aromatic amines is 1. The van der Waals surface area contributed by atoms with Crippen molar-refractivity contribution in [2.75, 3.05) is 0 Å². The Morgan fingerprint density at radius 1 is 1.05 bits per heavy atom. The van der Waals surface area contributed by atoms with Crippen molar-refractivity contribution in [3.05, 3.63) is 60.2 Å². The minimum atomic E-state index is 0.362. The molecular weight excluding hydrogens is 252 g/mol. The van der Waals surface area contributed by atoms with E-state index in [2.05, 4.69) is 20.2 Å². The number of nitrogens with zero attached hydrogens (tertiary/aromatic N) is 3. The first kappa shape index (κ1) is 12.3. The van der Waals surface area contributed by atoms with Crippen LogP contribution in [0.4, 0.5) is 0 Å². The molecule has 1 N–H and O–H groups in total. The zero-order chi connectivity index (χ0) is 13.8. The molecule has 100 valence electrons. The lowest BCUT2D eigenvalue weighted by Crippen LogP contribution is -1.97. The normalized spacial score (nSPS) is 10.4. The highest BCUT2D eigenvalue weighted by atomic mass is 16.5. The highest BCUT2D eigenvalue weighted by Crippen LogP contribution is 2.15. The largest absolute Gasteiger partial charge is 0.486 e. The van der Waals surface area contributed by atoms with Crippen molar-refractivity contribution in [1.29, 1.82) is 0 Å². The van der Waals surface area contributed by atoms with Gasteiger partial charge in [-0.25, -0.2) is 4.98 Å². The van der Waals surface area contributed by atoms with Crippen LogP contribution in [0.5, 0.6) is 5.75 Å². The molecule has 0 spiro atoms. The Balaban J connectivity index is 1.67. The van der Waals surface area contributed by atoms with Crippen LogP contribution in [0.25, 0.3) is 11.4 Å². The lowest BCUT2D eigenvalue weighted by atomic mass is 10.2. The summed E-state index contributed by atoms with van der Waals surface area (Å²) in [5, 5.41) is 7.05. The maximum Gasteiger partial charge on any atom is 0.181 e. The molecule has 0 aliphatic heterocycles. The summed E-state index contributed by atoms with van der Waals surface area (Å²) in [7, 11) is 0. The first-order chi connectivity index (χ1) is 9.81. The molecule has 0 fully saturated rings. The summed E-state index contributed by atoms with van der Waals surface area (Å²) in [5.74, 6) is 2.16. The zero-order valence-corrected chi connectivity index (χ0v) is 11.1. The van der Waals surface area contributed by atoms with Crippen molar-refractivity contribution in [3.8, 4) is 17.1 Å². The molecule has 3 rings (SSSR count). The number of hydrogen-bond donors (Lipinski definition) is 1. The highest BCUT2D eigenvalue weighted by molar-refractivity contribution is 5.52. The summed E-state index contributed by atoms with van der Waals surface area (Å²) in [6.07, 6.45) is 3.43. The molecule has 5 heteroatoms. The minimum absolute atomic E-state index is 0.362. The van der Waals surface area contributed by atoms with Crippen molar-refractivity contribution in [2.45, 2.75) is 13.5 Å². The van der Waals surface area contributed by atoms with E-state index in [0.29, 0.717) is 18.3 Å². The van der Waals surface area contributed by atoms with Gasteiger partial charge in [-0.05, 0) is 31.2 Å². The molecule has 0 saturated heterocycles. The fourth-order valence-electron chi connectivity index (χ4n) is 1.78. The van der Waals surface area contributed by atoms with Crippen molar-refractivity contribution in [2.24, 2.45) is 0 Å². The molecule has 20 heavy (non-hydrogen) atoms. The molecule has 0 amide bonds. The van der Waals surface area contributed by atoms with Gasteiger partial charge in [-0.1, -0.05) is 17.7 Å². The number of hydrogen-bond acceptors (Lipinski definition) is 4. The van der Waals surface area contributed by atoms with Gasteiger partial charge in [0.25, 0.3) is 0 Å². The van der Waals surface area contributed by atoms with Crippen LogP contribution in [0.15, 0.2) is 48.8 Å². The smallest absolute Gasteiger partial charge is 0.181 e.